The number of nitrogens with one attached hydrogen (secondary N) is 2. The van der Waals surface area contributed by atoms with Crippen LogP contribution in [0, 0.1) is 0 Å². The van der Waals surface area contributed by atoms with Crippen molar-refractivity contribution < 1.29 is 14.3 Å². The van der Waals surface area contributed by atoms with E-state index >= 15 is 0 Å². The van der Waals surface area contributed by atoms with Crippen molar-refractivity contribution in [2.75, 3.05) is 46.0 Å². The zero-order valence-electron chi connectivity index (χ0n) is 12.6. The van der Waals surface area contributed by atoms with Crippen LogP contribution in [0.3, 0.4) is 0 Å². The Morgan fingerprint density at radius 3 is 2.65 bits per heavy atom. The lowest BCUT2D eigenvalue weighted by atomic mass is 10.0. The molecule has 2 aliphatic heterocycles. The number of carbonyl (C=O) groups is 1. The van der Waals surface area contributed by atoms with Crippen LogP contribution in [0.1, 0.15) is 26.7 Å². The van der Waals surface area contributed by atoms with E-state index < -0.39 is 0 Å². The molecule has 0 bridgehead atoms. The molecule has 0 radical (unpaired) electrons. The summed E-state index contributed by atoms with van der Waals surface area (Å²) in [6.07, 6.45) is 2.32. The first-order valence-electron chi connectivity index (χ1n) is 7.54. The molecule has 2 heterocycles. The third kappa shape index (κ3) is 4.61. The molecule has 0 saturated carbocycles. The van der Waals surface area contributed by atoms with Crippen molar-refractivity contribution in [2.24, 2.45) is 0 Å². The van der Waals surface area contributed by atoms with Gasteiger partial charge in [-0.1, -0.05) is 0 Å². The maximum Gasteiger partial charge on any atom is 0.314 e. The third-order valence-electron chi connectivity index (χ3n) is 4.06. The van der Waals surface area contributed by atoms with Gasteiger partial charge in [-0.15, -0.1) is 0 Å². The largest absolute Gasteiger partial charge is 0.379 e. The van der Waals surface area contributed by atoms with E-state index in [0.29, 0.717) is 13.1 Å². The molecule has 0 aromatic carbocycles. The quantitative estimate of drug-likeness (QED) is 0.775. The van der Waals surface area contributed by atoms with Gasteiger partial charge < -0.3 is 20.1 Å². The van der Waals surface area contributed by atoms with Gasteiger partial charge in [0.05, 0.1) is 19.3 Å². The highest BCUT2D eigenvalue weighted by Crippen LogP contribution is 2.15. The minimum Gasteiger partial charge on any atom is -0.379 e. The molecule has 0 spiro atoms. The van der Waals surface area contributed by atoms with E-state index in [1.54, 1.807) is 0 Å². The Morgan fingerprint density at radius 2 is 2.00 bits per heavy atom. The molecule has 0 aromatic heterocycles. The molecule has 0 aromatic rings. The zero-order valence-corrected chi connectivity index (χ0v) is 12.6. The number of hydrogen-bond acceptors (Lipinski definition) is 4. The van der Waals surface area contributed by atoms with Crippen LogP contribution in [0.4, 0.5) is 4.79 Å². The summed E-state index contributed by atoms with van der Waals surface area (Å²) in [5.74, 6) is 0. The summed E-state index contributed by atoms with van der Waals surface area (Å²) in [4.78, 5) is 14.2. The van der Waals surface area contributed by atoms with Gasteiger partial charge in [-0.3, -0.25) is 4.90 Å². The number of nitrogens with zero attached hydrogens (tertiary/aromatic N) is 1. The number of carbonyl (C=O) groups excluding carboxylic acids is 1. The Morgan fingerprint density at radius 1 is 1.25 bits per heavy atom. The molecule has 20 heavy (non-hydrogen) atoms. The lowest BCUT2D eigenvalue weighted by molar-refractivity contribution is -0.00877. The summed E-state index contributed by atoms with van der Waals surface area (Å²) in [5.41, 5.74) is -0.0506. The number of amides is 2. The fourth-order valence-corrected chi connectivity index (χ4v) is 2.65. The van der Waals surface area contributed by atoms with Gasteiger partial charge in [0, 0.05) is 38.3 Å². The lowest BCUT2D eigenvalue weighted by Gasteiger charge is -2.40. The van der Waals surface area contributed by atoms with Gasteiger partial charge in [-0.25, -0.2) is 4.79 Å². The molecular weight excluding hydrogens is 258 g/mol. The molecule has 2 amide bonds. The maximum absolute atomic E-state index is 11.8. The number of morpholine rings is 1. The third-order valence-corrected chi connectivity index (χ3v) is 4.06. The van der Waals surface area contributed by atoms with Crippen LogP contribution in [0.2, 0.25) is 0 Å². The molecule has 1 atom stereocenters. The maximum atomic E-state index is 11.8. The molecule has 116 valence electrons. The Hall–Kier alpha value is -0.850. The number of hydrogen-bond donors (Lipinski definition) is 2. The van der Waals surface area contributed by atoms with Gasteiger partial charge >= 0.3 is 6.03 Å². The van der Waals surface area contributed by atoms with Crippen LogP contribution in [0.25, 0.3) is 0 Å². The summed E-state index contributed by atoms with van der Waals surface area (Å²) >= 11 is 0. The highest BCUT2D eigenvalue weighted by molar-refractivity contribution is 5.73. The second kappa shape index (κ2) is 7.24. The summed E-state index contributed by atoms with van der Waals surface area (Å²) in [5, 5.41) is 5.84. The number of ether oxygens (including phenoxy) is 2. The first kappa shape index (κ1) is 15.5. The second-order valence-electron chi connectivity index (χ2n) is 6.11. The van der Waals surface area contributed by atoms with Crippen LogP contribution >= 0.6 is 0 Å². The van der Waals surface area contributed by atoms with Crippen LogP contribution in [0.5, 0.6) is 0 Å². The Bertz CT molecular complexity index is 311. The molecule has 6 nitrogen and oxygen atoms in total. The Labute approximate surface area is 121 Å². The fourth-order valence-electron chi connectivity index (χ4n) is 2.65. The van der Waals surface area contributed by atoms with E-state index in [-0.39, 0.29) is 17.7 Å². The van der Waals surface area contributed by atoms with Crippen molar-refractivity contribution in [2.45, 2.75) is 38.3 Å². The van der Waals surface area contributed by atoms with E-state index in [1.165, 1.54) is 0 Å². The lowest BCUT2D eigenvalue weighted by Crippen LogP contribution is -2.56. The van der Waals surface area contributed by atoms with Crippen LogP contribution in [0.15, 0.2) is 0 Å². The SMILES string of the molecule is CC(C)(CNC(=O)NCC1CCCO1)N1CCOCC1. The molecule has 1 unspecified atom stereocenters. The van der Waals surface area contributed by atoms with E-state index in [4.69, 9.17) is 9.47 Å². The Balaban J connectivity index is 1.65. The van der Waals surface area contributed by atoms with Gasteiger partial charge in [0.25, 0.3) is 0 Å². The van der Waals surface area contributed by atoms with Crippen LogP contribution in [-0.4, -0.2) is 68.6 Å². The van der Waals surface area contributed by atoms with Crippen molar-refractivity contribution in [3.63, 3.8) is 0 Å². The summed E-state index contributed by atoms with van der Waals surface area (Å²) < 4.78 is 10.8. The molecular formula is C14H27N3O3. The molecule has 2 N–H and O–H groups in total. The number of rotatable bonds is 5. The highest BCUT2D eigenvalue weighted by atomic mass is 16.5. The van der Waals surface area contributed by atoms with E-state index in [9.17, 15) is 4.79 Å². The predicted molar refractivity (Wildman–Crippen MR) is 76.8 cm³/mol. The van der Waals surface area contributed by atoms with Crippen LogP contribution < -0.4 is 10.6 Å². The van der Waals surface area contributed by atoms with Gasteiger partial charge in [0.1, 0.15) is 0 Å². The summed E-state index contributed by atoms with van der Waals surface area (Å²) in [7, 11) is 0. The normalized spacial score (nSPS) is 24.6. The summed E-state index contributed by atoms with van der Waals surface area (Å²) in [6.45, 7) is 9.74. The smallest absolute Gasteiger partial charge is 0.314 e. The molecule has 2 aliphatic rings. The first-order valence-corrected chi connectivity index (χ1v) is 7.54. The van der Waals surface area contributed by atoms with Gasteiger partial charge in [-0.05, 0) is 26.7 Å². The van der Waals surface area contributed by atoms with Crippen molar-refractivity contribution in [3.05, 3.63) is 0 Å². The molecule has 0 aliphatic carbocycles. The van der Waals surface area contributed by atoms with E-state index in [0.717, 1.165) is 45.8 Å². The fraction of sp³-hybridized carbons (Fsp3) is 0.929. The average molecular weight is 285 g/mol. The summed E-state index contributed by atoms with van der Waals surface area (Å²) in [6, 6.07) is -0.109. The van der Waals surface area contributed by atoms with Gasteiger partial charge in [0.2, 0.25) is 0 Å². The predicted octanol–water partition coefficient (Wildman–Crippen LogP) is 0.575. The monoisotopic (exact) mass is 285 g/mol. The van der Waals surface area contributed by atoms with Crippen molar-refractivity contribution in [3.8, 4) is 0 Å². The van der Waals surface area contributed by atoms with Crippen molar-refractivity contribution in [1.82, 2.24) is 15.5 Å². The van der Waals surface area contributed by atoms with Crippen LogP contribution in [-0.2, 0) is 9.47 Å². The zero-order chi connectivity index (χ0) is 14.4. The van der Waals surface area contributed by atoms with E-state index in [2.05, 4.69) is 29.4 Å². The standard InChI is InChI=1S/C14H27N3O3/c1-14(2,17-5-8-19-9-6-17)11-16-13(18)15-10-12-4-3-7-20-12/h12H,3-11H2,1-2H3,(H2,15,16,18). The minimum absolute atomic E-state index is 0.0506. The first-order chi connectivity index (χ1) is 9.58. The van der Waals surface area contributed by atoms with Gasteiger partial charge in [0.15, 0.2) is 0 Å². The van der Waals surface area contributed by atoms with Crippen molar-refractivity contribution in [1.29, 1.82) is 0 Å². The Kier molecular flexibility index (Phi) is 5.63. The minimum atomic E-state index is -0.109. The molecule has 2 fully saturated rings. The molecule has 2 rings (SSSR count). The van der Waals surface area contributed by atoms with E-state index in [1.807, 2.05) is 0 Å². The number of urea groups is 1. The topological polar surface area (TPSA) is 62.8 Å². The van der Waals surface area contributed by atoms with Crippen molar-refractivity contribution >= 4 is 6.03 Å². The van der Waals surface area contributed by atoms with Gasteiger partial charge in [-0.2, -0.15) is 0 Å². The molecule has 2 saturated heterocycles. The second-order valence-corrected chi connectivity index (χ2v) is 6.11. The molecule has 6 heteroatoms. The average Bonchev–Trinajstić information content (AvgIpc) is 2.97. The highest BCUT2D eigenvalue weighted by Gasteiger charge is 2.28.